The van der Waals surface area contributed by atoms with Crippen LogP contribution in [0.5, 0.6) is 0 Å². The molecule has 0 bridgehead atoms. The Labute approximate surface area is 118 Å². The van der Waals surface area contributed by atoms with E-state index in [0.717, 1.165) is 58.8 Å². The van der Waals surface area contributed by atoms with Crippen molar-refractivity contribution in [2.75, 3.05) is 52.5 Å². The summed E-state index contributed by atoms with van der Waals surface area (Å²) >= 11 is 0. The molecule has 0 aromatic carbocycles. The van der Waals surface area contributed by atoms with Crippen LogP contribution in [0.15, 0.2) is 0 Å². The highest BCUT2D eigenvalue weighted by atomic mass is 16.5. The van der Waals surface area contributed by atoms with Gasteiger partial charge in [-0.3, -0.25) is 4.90 Å². The van der Waals surface area contributed by atoms with Crippen LogP contribution < -0.4 is 5.32 Å². The lowest BCUT2D eigenvalue weighted by atomic mass is 10.1. The minimum absolute atomic E-state index is 0.0380. The molecular weight excluding hydrogens is 240 g/mol. The van der Waals surface area contributed by atoms with Crippen LogP contribution in [-0.2, 0) is 9.47 Å². The SMILES string of the molecule is CCC(C)(C)OCCCNCCCN1CCOCC1. The smallest absolute Gasteiger partial charge is 0.0623 e. The molecule has 0 aromatic rings. The number of nitrogens with zero attached hydrogens (tertiary/aromatic N) is 1. The molecule has 0 atom stereocenters. The molecule has 4 heteroatoms. The lowest BCUT2D eigenvalue weighted by Crippen LogP contribution is -2.37. The van der Waals surface area contributed by atoms with Crippen LogP contribution >= 0.6 is 0 Å². The second kappa shape index (κ2) is 9.70. The summed E-state index contributed by atoms with van der Waals surface area (Å²) in [5, 5.41) is 3.49. The zero-order valence-corrected chi connectivity index (χ0v) is 13.0. The van der Waals surface area contributed by atoms with Gasteiger partial charge in [-0.25, -0.2) is 0 Å². The Morgan fingerprint density at radius 2 is 1.84 bits per heavy atom. The number of hydrogen-bond donors (Lipinski definition) is 1. The third-order valence-corrected chi connectivity index (χ3v) is 3.77. The zero-order valence-electron chi connectivity index (χ0n) is 13.0. The highest BCUT2D eigenvalue weighted by Crippen LogP contribution is 2.13. The molecule has 1 fully saturated rings. The second-order valence-corrected chi connectivity index (χ2v) is 5.87. The van der Waals surface area contributed by atoms with E-state index in [4.69, 9.17) is 9.47 Å². The van der Waals surface area contributed by atoms with Gasteiger partial charge in [-0.05, 0) is 52.7 Å². The first-order valence-corrected chi connectivity index (χ1v) is 7.79. The number of rotatable bonds is 10. The summed E-state index contributed by atoms with van der Waals surface area (Å²) in [5.74, 6) is 0. The van der Waals surface area contributed by atoms with Crippen LogP contribution in [-0.4, -0.2) is 63.0 Å². The summed E-state index contributed by atoms with van der Waals surface area (Å²) in [6.45, 7) is 14.7. The van der Waals surface area contributed by atoms with Crippen LogP contribution in [0.2, 0.25) is 0 Å². The number of hydrogen-bond acceptors (Lipinski definition) is 4. The molecule has 0 saturated carbocycles. The van der Waals surface area contributed by atoms with Crippen LogP contribution in [0.25, 0.3) is 0 Å². The molecule has 0 aromatic heterocycles. The Kier molecular flexibility index (Phi) is 8.62. The van der Waals surface area contributed by atoms with Crippen LogP contribution in [0, 0.1) is 0 Å². The molecule has 4 nitrogen and oxygen atoms in total. The summed E-state index contributed by atoms with van der Waals surface area (Å²) < 4.78 is 11.2. The average Bonchev–Trinajstić information content (AvgIpc) is 2.43. The van der Waals surface area contributed by atoms with Gasteiger partial charge in [0.25, 0.3) is 0 Å². The quantitative estimate of drug-likeness (QED) is 0.616. The van der Waals surface area contributed by atoms with E-state index in [2.05, 4.69) is 31.0 Å². The normalized spacial score (nSPS) is 17.8. The molecule has 1 aliphatic rings. The largest absolute Gasteiger partial charge is 0.379 e. The lowest BCUT2D eigenvalue weighted by molar-refractivity contribution is -0.0208. The van der Waals surface area contributed by atoms with Crippen molar-refractivity contribution in [3.8, 4) is 0 Å². The van der Waals surface area contributed by atoms with Crippen molar-refractivity contribution >= 4 is 0 Å². The fourth-order valence-corrected chi connectivity index (χ4v) is 2.03. The van der Waals surface area contributed by atoms with Crippen molar-refractivity contribution in [2.24, 2.45) is 0 Å². The number of ether oxygens (including phenoxy) is 2. The highest BCUT2D eigenvalue weighted by molar-refractivity contribution is 4.65. The van der Waals surface area contributed by atoms with Gasteiger partial charge in [0, 0.05) is 19.7 Å². The van der Waals surface area contributed by atoms with E-state index in [1.807, 2.05) is 0 Å². The number of morpholine rings is 1. The monoisotopic (exact) mass is 272 g/mol. The molecule has 114 valence electrons. The Hall–Kier alpha value is -0.160. The van der Waals surface area contributed by atoms with Gasteiger partial charge < -0.3 is 14.8 Å². The van der Waals surface area contributed by atoms with Crippen molar-refractivity contribution in [1.29, 1.82) is 0 Å². The van der Waals surface area contributed by atoms with Gasteiger partial charge in [-0.15, -0.1) is 0 Å². The molecule has 0 aliphatic carbocycles. The van der Waals surface area contributed by atoms with Crippen molar-refractivity contribution in [2.45, 2.75) is 45.6 Å². The fraction of sp³-hybridized carbons (Fsp3) is 1.00. The first-order valence-electron chi connectivity index (χ1n) is 7.79. The fourth-order valence-electron chi connectivity index (χ4n) is 2.03. The maximum atomic E-state index is 5.82. The van der Waals surface area contributed by atoms with Crippen molar-refractivity contribution in [3.05, 3.63) is 0 Å². The molecule has 1 heterocycles. The maximum Gasteiger partial charge on any atom is 0.0623 e. The first kappa shape index (κ1) is 16.9. The van der Waals surface area contributed by atoms with Gasteiger partial charge in [0.05, 0.1) is 18.8 Å². The van der Waals surface area contributed by atoms with Gasteiger partial charge in [-0.2, -0.15) is 0 Å². The average molecular weight is 272 g/mol. The van der Waals surface area contributed by atoms with E-state index in [1.165, 1.54) is 13.0 Å². The van der Waals surface area contributed by atoms with Crippen LogP contribution in [0.4, 0.5) is 0 Å². The van der Waals surface area contributed by atoms with E-state index in [0.29, 0.717) is 0 Å². The summed E-state index contributed by atoms with van der Waals surface area (Å²) in [5.41, 5.74) is 0.0380. The minimum Gasteiger partial charge on any atom is -0.379 e. The zero-order chi connectivity index (χ0) is 14.0. The predicted octanol–water partition coefficient (Wildman–Crippen LogP) is 1.89. The summed E-state index contributed by atoms with van der Waals surface area (Å²) in [7, 11) is 0. The first-order chi connectivity index (χ1) is 9.14. The summed E-state index contributed by atoms with van der Waals surface area (Å²) in [6.07, 6.45) is 3.39. The Morgan fingerprint density at radius 1 is 1.16 bits per heavy atom. The Morgan fingerprint density at radius 3 is 2.53 bits per heavy atom. The molecule has 1 N–H and O–H groups in total. The van der Waals surface area contributed by atoms with E-state index in [9.17, 15) is 0 Å². The van der Waals surface area contributed by atoms with Crippen LogP contribution in [0.3, 0.4) is 0 Å². The van der Waals surface area contributed by atoms with E-state index in [1.54, 1.807) is 0 Å². The molecule has 19 heavy (non-hydrogen) atoms. The van der Waals surface area contributed by atoms with Gasteiger partial charge in [0.1, 0.15) is 0 Å². The number of nitrogens with one attached hydrogen (secondary N) is 1. The van der Waals surface area contributed by atoms with E-state index in [-0.39, 0.29) is 5.60 Å². The molecule has 0 spiro atoms. The molecule has 0 amide bonds. The Bertz CT molecular complexity index is 216. The molecular formula is C15H32N2O2. The standard InChI is InChI=1S/C15H32N2O2/c1-4-15(2,3)19-12-6-8-16-7-5-9-17-10-13-18-14-11-17/h16H,4-14H2,1-3H3. The van der Waals surface area contributed by atoms with Gasteiger partial charge in [0.2, 0.25) is 0 Å². The van der Waals surface area contributed by atoms with Gasteiger partial charge in [0.15, 0.2) is 0 Å². The van der Waals surface area contributed by atoms with Crippen molar-refractivity contribution in [3.63, 3.8) is 0 Å². The molecule has 0 unspecified atom stereocenters. The van der Waals surface area contributed by atoms with Gasteiger partial charge in [-0.1, -0.05) is 6.92 Å². The molecule has 1 aliphatic heterocycles. The van der Waals surface area contributed by atoms with Crippen molar-refractivity contribution in [1.82, 2.24) is 10.2 Å². The predicted molar refractivity (Wildman–Crippen MR) is 79.7 cm³/mol. The van der Waals surface area contributed by atoms with E-state index >= 15 is 0 Å². The Balaban J connectivity index is 1.83. The molecule has 1 saturated heterocycles. The van der Waals surface area contributed by atoms with Gasteiger partial charge >= 0.3 is 0 Å². The second-order valence-electron chi connectivity index (χ2n) is 5.87. The molecule has 0 radical (unpaired) electrons. The maximum absolute atomic E-state index is 5.82. The van der Waals surface area contributed by atoms with Crippen LogP contribution in [0.1, 0.15) is 40.0 Å². The minimum atomic E-state index is 0.0380. The van der Waals surface area contributed by atoms with E-state index < -0.39 is 0 Å². The molecule has 1 rings (SSSR count). The lowest BCUT2D eigenvalue weighted by Gasteiger charge is -2.26. The topological polar surface area (TPSA) is 33.7 Å². The summed E-state index contributed by atoms with van der Waals surface area (Å²) in [4.78, 5) is 2.48. The third kappa shape index (κ3) is 8.58. The third-order valence-electron chi connectivity index (χ3n) is 3.77. The van der Waals surface area contributed by atoms with Crippen molar-refractivity contribution < 1.29 is 9.47 Å². The summed E-state index contributed by atoms with van der Waals surface area (Å²) in [6, 6.07) is 0. The highest BCUT2D eigenvalue weighted by Gasteiger charge is 2.14.